The van der Waals surface area contributed by atoms with Gasteiger partial charge in [-0.15, -0.1) is 0 Å². The summed E-state index contributed by atoms with van der Waals surface area (Å²) >= 11 is 0. The first-order chi connectivity index (χ1) is 19.5. The average molecular weight is 558 g/mol. The Hall–Kier alpha value is -4.39. The number of rotatable bonds is 5. The molecule has 10 nitrogen and oxygen atoms in total. The van der Waals surface area contributed by atoms with Gasteiger partial charge >= 0.3 is 6.09 Å². The van der Waals surface area contributed by atoms with Crippen molar-refractivity contribution in [3.8, 4) is 6.07 Å². The van der Waals surface area contributed by atoms with Crippen molar-refractivity contribution in [3.63, 3.8) is 0 Å². The summed E-state index contributed by atoms with van der Waals surface area (Å²) < 4.78 is 5.37. The van der Waals surface area contributed by atoms with Crippen LogP contribution in [0.25, 0.3) is 0 Å². The van der Waals surface area contributed by atoms with Gasteiger partial charge in [0.15, 0.2) is 0 Å². The zero-order valence-electron chi connectivity index (χ0n) is 23.6. The van der Waals surface area contributed by atoms with Gasteiger partial charge in [0.2, 0.25) is 17.7 Å². The van der Waals surface area contributed by atoms with E-state index in [1.54, 1.807) is 0 Å². The molecule has 1 spiro atoms. The van der Waals surface area contributed by atoms with Crippen LogP contribution in [0.15, 0.2) is 54.6 Å². The second-order valence-corrected chi connectivity index (χ2v) is 12.1. The zero-order chi connectivity index (χ0) is 29.4. The lowest BCUT2D eigenvalue weighted by Gasteiger charge is -2.36. The predicted molar refractivity (Wildman–Crippen MR) is 150 cm³/mol. The van der Waals surface area contributed by atoms with Crippen molar-refractivity contribution in [1.29, 1.82) is 5.26 Å². The lowest BCUT2D eigenvalue weighted by atomic mass is 9.80. The van der Waals surface area contributed by atoms with Gasteiger partial charge in [-0.1, -0.05) is 69.3 Å². The molecule has 5 rings (SSSR count). The maximum atomic E-state index is 14.0. The van der Waals surface area contributed by atoms with Crippen LogP contribution in [0, 0.1) is 16.7 Å². The standard InChI is InChI=1S/C31H35N5O5/c1-30(2,3)25(34-29(40)41-18-20-10-5-4-6-11-20)27(38)35-15-9-14-24(35)26(37)36-19-31(16-21(36)17-32)22-12-7-8-13-23(22)33-28(31)39/h4-8,10-13,21,24-25H,9,14-16,18-19H2,1-3H3,(H,33,39)(H,34,40)/t21-,24-,25?,31-/m0/s1. The van der Waals surface area contributed by atoms with Crippen LogP contribution in [0.2, 0.25) is 0 Å². The molecule has 41 heavy (non-hydrogen) atoms. The molecule has 0 radical (unpaired) electrons. The van der Waals surface area contributed by atoms with E-state index in [0.717, 1.165) is 11.1 Å². The SMILES string of the molecule is CC(C)(C)C(NC(=O)OCc1ccccc1)C(=O)N1CCC[C@H]1C(=O)N1C[C@]2(C[C@H]1C#N)C(=O)Nc1ccccc12. The molecule has 3 heterocycles. The summed E-state index contributed by atoms with van der Waals surface area (Å²) in [7, 11) is 0. The lowest BCUT2D eigenvalue weighted by Crippen LogP contribution is -2.58. The topological polar surface area (TPSA) is 132 Å². The maximum Gasteiger partial charge on any atom is 0.408 e. The number of amides is 4. The number of nitrogens with zero attached hydrogens (tertiary/aromatic N) is 3. The van der Waals surface area contributed by atoms with Gasteiger partial charge in [0.25, 0.3) is 0 Å². The van der Waals surface area contributed by atoms with Gasteiger partial charge in [-0.3, -0.25) is 14.4 Å². The number of fused-ring (bicyclic) bond motifs is 2. The average Bonchev–Trinajstić information content (AvgIpc) is 3.67. The largest absolute Gasteiger partial charge is 0.445 e. The van der Waals surface area contributed by atoms with Crippen LogP contribution in [0.5, 0.6) is 0 Å². The molecule has 10 heteroatoms. The quantitative estimate of drug-likeness (QED) is 0.580. The Labute approximate surface area is 239 Å². The van der Waals surface area contributed by atoms with Crippen LogP contribution in [-0.2, 0) is 31.1 Å². The van der Waals surface area contributed by atoms with Crippen LogP contribution in [0.3, 0.4) is 0 Å². The molecular formula is C31H35N5O5. The molecule has 2 N–H and O–H groups in total. The van der Waals surface area contributed by atoms with E-state index in [1.165, 1.54) is 9.80 Å². The summed E-state index contributed by atoms with van der Waals surface area (Å²) in [6, 6.07) is 16.3. The first kappa shape index (κ1) is 28.1. The number of nitriles is 1. The molecule has 4 amide bonds. The fourth-order valence-electron chi connectivity index (χ4n) is 6.16. The molecule has 1 unspecified atom stereocenters. The number of para-hydroxylation sites is 1. The highest BCUT2D eigenvalue weighted by molar-refractivity contribution is 6.07. The van der Waals surface area contributed by atoms with Crippen LogP contribution in [-0.4, -0.2) is 64.8 Å². The third-order valence-corrected chi connectivity index (χ3v) is 8.32. The van der Waals surface area contributed by atoms with Gasteiger partial charge in [0, 0.05) is 25.2 Å². The number of likely N-dealkylation sites (tertiary alicyclic amines) is 2. The second kappa shape index (κ2) is 10.9. The van der Waals surface area contributed by atoms with Crippen molar-refractivity contribution >= 4 is 29.5 Å². The highest BCUT2D eigenvalue weighted by Gasteiger charge is 2.57. The van der Waals surface area contributed by atoms with E-state index >= 15 is 0 Å². The Morgan fingerprint density at radius 2 is 1.83 bits per heavy atom. The van der Waals surface area contributed by atoms with Crippen LogP contribution >= 0.6 is 0 Å². The normalized spacial score (nSPS) is 24.0. The number of hydrogen-bond donors (Lipinski definition) is 2. The minimum atomic E-state index is -1.00. The van der Waals surface area contributed by atoms with Gasteiger partial charge < -0.3 is 25.2 Å². The van der Waals surface area contributed by atoms with E-state index in [0.29, 0.717) is 25.1 Å². The Morgan fingerprint density at radius 1 is 1.12 bits per heavy atom. The van der Waals surface area contributed by atoms with Gasteiger partial charge in [0.1, 0.15) is 24.7 Å². The van der Waals surface area contributed by atoms with Gasteiger partial charge in [0.05, 0.1) is 11.5 Å². The molecule has 2 fully saturated rings. The fraction of sp³-hybridized carbons (Fsp3) is 0.452. The first-order valence-electron chi connectivity index (χ1n) is 13.9. The maximum absolute atomic E-state index is 14.0. The summed E-state index contributed by atoms with van der Waals surface area (Å²) in [5.41, 5.74) is 0.626. The molecule has 3 aliphatic rings. The molecule has 2 aromatic carbocycles. The monoisotopic (exact) mass is 557 g/mol. The number of hydrogen-bond acceptors (Lipinski definition) is 6. The summed E-state index contributed by atoms with van der Waals surface area (Å²) in [6.45, 7) is 6.00. The zero-order valence-corrected chi connectivity index (χ0v) is 23.6. The van der Waals surface area contributed by atoms with Gasteiger partial charge in [-0.05, 0) is 35.4 Å². The molecule has 0 saturated carbocycles. The van der Waals surface area contributed by atoms with E-state index in [4.69, 9.17) is 4.74 Å². The predicted octanol–water partition coefficient (Wildman–Crippen LogP) is 3.33. The van der Waals surface area contributed by atoms with E-state index in [9.17, 15) is 24.4 Å². The highest BCUT2D eigenvalue weighted by atomic mass is 16.5. The number of alkyl carbamates (subject to hydrolysis) is 1. The Balaban J connectivity index is 1.32. The summed E-state index contributed by atoms with van der Waals surface area (Å²) in [6.07, 6.45) is 0.514. The number of carbonyl (C=O) groups excluding carboxylic acids is 4. The molecule has 0 bridgehead atoms. The molecule has 0 aromatic heterocycles. The van der Waals surface area contributed by atoms with Gasteiger partial charge in [-0.25, -0.2) is 4.79 Å². The molecule has 3 aliphatic heterocycles. The van der Waals surface area contributed by atoms with Crippen molar-refractivity contribution in [2.75, 3.05) is 18.4 Å². The third kappa shape index (κ3) is 5.24. The smallest absolute Gasteiger partial charge is 0.408 e. The molecule has 4 atom stereocenters. The highest BCUT2D eigenvalue weighted by Crippen LogP contribution is 2.46. The van der Waals surface area contributed by atoms with Crippen molar-refractivity contribution in [1.82, 2.24) is 15.1 Å². The van der Waals surface area contributed by atoms with Crippen molar-refractivity contribution in [2.24, 2.45) is 5.41 Å². The molecular weight excluding hydrogens is 522 g/mol. The number of nitrogens with one attached hydrogen (secondary N) is 2. The fourth-order valence-corrected chi connectivity index (χ4v) is 6.16. The van der Waals surface area contributed by atoms with E-state index in [1.807, 2.05) is 75.4 Å². The van der Waals surface area contributed by atoms with Crippen LogP contribution < -0.4 is 10.6 Å². The molecule has 2 saturated heterocycles. The van der Waals surface area contributed by atoms with Gasteiger partial charge in [-0.2, -0.15) is 5.26 Å². The summed E-state index contributed by atoms with van der Waals surface area (Å²) in [5, 5.41) is 15.6. The van der Waals surface area contributed by atoms with Crippen molar-refractivity contribution in [2.45, 2.75) is 70.2 Å². The van der Waals surface area contributed by atoms with E-state index < -0.39 is 35.0 Å². The van der Waals surface area contributed by atoms with Crippen LogP contribution in [0.4, 0.5) is 10.5 Å². The molecule has 214 valence electrons. The number of ether oxygens (including phenoxy) is 1. The number of carbonyl (C=O) groups is 4. The first-order valence-corrected chi connectivity index (χ1v) is 13.9. The summed E-state index contributed by atoms with van der Waals surface area (Å²) in [5.74, 6) is -0.952. The molecule has 2 aromatic rings. The number of anilines is 1. The Kier molecular flexibility index (Phi) is 7.47. The van der Waals surface area contributed by atoms with E-state index in [2.05, 4.69) is 16.7 Å². The molecule has 0 aliphatic carbocycles. The minimum absolute atomic E-state index is 0.0610. The van der Waals surface area contributed by atoms with Crippen molar-refractivity contribution < 1.29 is 23.9 Å². The number of benzene rings is 2. The van der Waals surface area contributed by atoms with Crippen molar-refractivity contribution in [3.05, 3.63) is 65.7 Å². The lowest BCUT2D eigenvalue weighted by molar-refractivity contribution is -0.146. The second-order valence-electron chi connectivity index (χ2n) is 12.1. The summed E-state index contributed by atoms with van der Waals surface area (Å²) in [4.78, 5) is 56.7. The van der Waals surface area contributed by atoms with E-state index in [-0.39, 0.29) is 37.3 Å². The Bertz CT molecular complexity index is 1400. The van der Waals surface area contributed by atoms with Crippen LogP contribution in [0.1, 0.15) is 51.2 Å². The minimum Gasteiger partial charge on any atom is -0.445 e. The third-order valence-electron chi connectivity index (χ3n) is 8.32. The Morgan fingerprint density at radius 3 is 2.54 bits per heavy atom.